The smallest absolute Gasteiger partial charge is 0.314 e. The molecule has 0 aromatic heterocycles. The summed E-state index contributed by atoms with van der Waals surface area (Å²) in [6.07, 6.45) is 0.848. The van der Waals surface area contributed by atoms with Crippen LogP contribution in [0.2, 0.25) is 0 Å². The van der Waals surface area contributed by atoms with E-state index in [1.54, 1.807) is 30.3 Å². The van der Waals surface area contributed by atoms with Gasteiger partial charge in [0.05, 0.1) is 10.6 Å². The molecular formula is C13H20N2O4S. The van der Waals surface area contributed by atoms with Gasteiger partial charge in [-0.05, 0) is 25.0 Å². The molecule has 1 aromatic carbocycles. The molecule has 0 saturated carbocycles. The monoisotopic (exact) mass is 300 g/mol. The predicted octanol–water partition coefficient (Wildman–Crippen LogP) is 0.532. The molecule has 0 radical (unpaired) electrons. The Morgan fingerprint density at radius 2 is 1.65 bits per heavy atom. The number of carbonyl (C=O) groups is 1. The van der Waals surface area contributed by atoms with E-state index in [1.807, 2.05) is 0 Å². The van der Waals surface area contributed by atoms with Gasteiger partial charge in [-0.25, -0.2) is 13.2 Å². The molecule has 0 bridgehead atoms. The second kappa shape index (κ2) is 8.55. The van der Waals surface area contributed by atoms with Crippen LogP contribution in [-0.4, -0.2) is 45.0 Å². The van der Waals surface area contributed by atoms with Crippen LogP contribution in [0.25, 0.3) is 0 Å². The highest BCUT2D eigenvalue weighted by molar-refractivity contribution is 7.91. The lowest BCUT2D eigenvalue weighted by Crippen LogP contribution is -2.37. The molecule has 7 heteroatoms. The first-order valence-corrected chi connectivity index (χ1v) is 8.12. The van der Waals surface area contributed by atoms with Crippen LogP contribution in [0.3, 0.4) is 0 Å². The summed E-state index contributed by atoms with van der Waals surface area (Å²) >= 11 is 0. The van der Waals surface area contributed by atoms with E-state index in [0.717, 1.165) is 0 Å². The van der Waals surface area contributed by atoms with Crippen molar-refractivity contribution < 1.29 is 18.3 Å². The molecule has 2 amide bonds. The quantitative estimate of drug-likeness (QED) is 0.610. The molecule has 0 spiro atoms. The van der Waals surface area contributed by atoms with E-state index in [1.165, 1.54) is 0 Å². The maximum absolute atomic E-state index is 11.9. The maximum atomic E-state index is 11.9. The van der Waals surface area contributed by atoms with Gasteiger partial charge in [0.25, 0.3) is 0 Å². The third kappa shape index (κ3) is 6.03. The average molecular weight is 300 g/mol. The molecule has 0 fully saturated rings. The van der Waals surface area contributed by atoms with Crippen LogP contribution in [0.5, 0.6) is 0 Å². The Morgan fingerprint density at radius 1 is 1.05 bits per heavy atom. The Kier molecular flexibility index (Phi) is 7.03. The first-order chi connectivity index (χ1) is 9.56. The fraction of sp³-hybridized carbons (Fsp3) is 0.462. The van der Waals surface area contributed by atoms with Crippen LogP contribution in [0.15, 0.2) is 35.2 Å². The van der Waals surface area contributed by atoms with Crippen LogP contribution >= 0.6 is 0 Å². The van der Waals surface area contributed by atoms with Crippen molar-refractivity contribution in [2.75, 3.05) is 25.4 Å². The van der Waals surface area contributed by atoms with Crippen LogP contribution < -0.4 is 10.6 Å². The van der Waals surface area contributed by atoms with Gasteiger partial charge >= 0.3 is 6.03 Å². The minimum atomic E-state index is -3.28. The molecule has 112 valence electrons. The molecule has 20 heavy (non-hydrogen) atoms. The van der Waals surface area contributed by atoms with Crippen molar-refractivity contribution in [1.82, 2.24) is 10.6 Å². The number of hydrogen-bond donors (Lipinski definition) is 3. The van der Waals surface area contributed by atoms with Gasteiger partial charge in [-0.15, -0.1) is 0 Å². The highest BCUT2D eigenvalue weighted by Gasteiger charge is 2.13. The molecule has 0 atom stereocenters. The summed E-state index contributed by atoms with van der Waals surface area (Å²) in [5.41, 5.74) is 0. The summed E-state index contributed by atoms with van der Waals surface area (Å²) in [5, 5.41) is 13.7. The van der Waals surface area contributed by atoms with Crippen LogP contribution in [-0.2, 0) is 9.84 Å². The van der Waals surface area contributed by atoms with Gasteiger partial charge in [0.15, 0.2) is 9.84 Å². The Balaban J connectivity index is 2.26. The van der Waals surface area contributed by atoms with Crippen molar-refractivity contribution in [2.24, 2.45) is 0 Å². The Morgan fingerprint density at radius 3 is 2.25 bits per heavy atom. The summed E-state index contributed by atoms with van der Waals surface area (Å²) < 4.78 is 23.9. The van der Waals surface area contributed by atoms with Gasteiger partial charge in [-0.1, -0.05) is 18.2 Å². The summed E-state index contributed by atoms with van der Waals surface area (Å²) in [7, 11) is -3.28. The van der Waals surface area contributed by atoms with Crippen molar-refractivity contribution in [3.8, 4) is 0 Å². The lowest BCUT2D eigenvalue weighted by Gasteiger charge is -2.07. The van der Waals surface area contributed by atoms with E-state index >= 15 is 0 Å². The number of sulfone groups is 1. The van der Waals surface area contributed by atoms with Crippen LogP contribution in [0.4, 0.5) is 4.79 Å². The predicted molar refractivity (Wildman–Crippen MR) is 76.2 cm³/mol. The minimum Gasteiger partial charge on any atom is -0.396 e. The third-order valence-corrected chi connectivity index (χ3v) is 4.41. The van der Waals surface area contributed by atoms with Gasteiger partial charge in [-0.2, -0.15) is 0 Å². The standard InChI is InChI=1S/C13H20N2O4S/c16-10-4-8-14-13(17)15-9-5-11-20(18,19)12-6-2-1-3-7-12/h1-3,6-7,16H,4-5,8-11H2,(H2,14,15,17). The molecule has 0 saturated heterocycles. The molecule has 1 rings (SSSR count). The van der Waals surface area contributed by atoms with Crippen molar-refractivity contribution in [3.63, 3.8) is 0 Å². The number of aliphatic hydroxyl groups excluding tert-OH is 1. The van der Waals surface area contributed by atoms with Crippen molar-refractivity contribution >= 4 is 15.9 Å². The normalized spacial score (nSPS) is 11.1. The molecule has 1 aromatic rings. The fourth-order valence-electron chi connectivity index (χ4n) is 1.55. The number of benzene rings is 1. The van der Waals surface area contributed by atoms with Crippen LogP contribution in [0.1, 0.15) is 12.8 Å². The van der Waals surface area contributed by atoms with Gasteiger partial charge in [0.1, 0.15) is 0 Å². The molecular weight excluding hydrogens is 280 g/mol. The fourth-order valence-corrected chi connectivity index (χ4v) is 2.89. The lowest BCUT2D eigenvalue weighted by atomic mass is 10.4. The number of hydrogen-bond acceptors (Lipinski definition) is 4. The van der Waals surface area contributed by atoms with E-state index in [2.05, 4.69) is 10.6 Å². The number of urea groups is 1. The van der Waals surface area contributed by atoms with Crippen molar-refractivity contribution in [1.29, 1.82) is 0 Å². The molecule has 0 aliphatic carbocycles. The molecule has 6 nitrogen and oxygen atoms in total. The largest absolute Gasteiger partial charge is 0.396 e. The van der Waals surface area contributed by atoms with Crippen molar-refractivity contribution in [3.05, 3.63) is 30.3 Å². The summed E-state index contributed by atoms with van der Waals surface area (Å²) in [4.78, 5) is 11.6. The summed E-state index contributed by atoms with van der Waals surface area (Å²) in [5.74, 6) is -0.00602. The number of nitrogens with one attached hydrogen (secondary N) is 2. The number of carbonyl (C=O) groups excluding carboxylic acids is 1. The molecule has 0 aliphatic heterocycles. The molecule has 0 unspecified atom stereocenters. The summed E-state index contributed by atoms with van der Waals surface area (Å²) in [6.45, 7) is 0.706. The van der Waals surface area contributed by atoms with E-state index in [9.17, 15) is 13.2 Å². The zero-order valence-electron chi connectivity index (χ0n) is 11.2. The van der Waals surface area contributed by atoms with Gasteiger partial charge in [-0.3, -0.25) is 0 Å². The zero-order valence-corrected chi connectivity index (χ0v) is 12.0. The minimum absolute atomic E-state index is 0.00602. The number of amides is 2. The van der Waals surface area contributed by atoms with E-state index in [-0.39, 0.29) is 24.9 Å². The van der Waals surface area contributed by atoms with Gasteiger partial charge < -0.3 is 15.7 Å². The van der Waals surface area contributed by atoms with Crippen LogP contribution in [0, 0.1) is 0 Å². The zero-order chi connectivity index (χ0) is 14.8. The lowest BCUT2D eigenvalue weighted by molar-refractivity contribution is 0.238. The van der Waals surface area contributed by atoms with E-state index in [4.69, 9.17) is 5.11 Å². The molecule has 0 aliphatic rings. The Labute approximate surface area is 119 Å². The topological polar surface area (TPSA) is 95.5 Å². The highest BCUT2D eigenvalue weighted by Crippen LogP contribution is 2.10. The first-order valence-electron chi connectivity index (χ1n) is 6.46. The van der Waals surface area contributed by atoms with E-state index in [0.29, 0.717) is 24.3 Å². The molecule has 3 N–H and O–H groups in total. The molecule has 0 heterocycles. The Bertz CT molecular complexity index is 502. The Hall–Kier alpha value is -1.60. The second-order valence-electron chi connectivity index (χ2n) is 4.25. The number of rotatable bonds is 8. The average Bonchev–Trinajstić information content (AvgIpc) is 2.45. The van der Waals surface area contributed by atoms with E-state index < -0.39 is 9.84 Å². The van der Waals surface area contributed by atoms with Gasteiger partial charge in [0.2, 0.25) is 0 Å². The third-order valence-electron chi connectivity index (χ3n) is 2.60. The van der Waals surface area contributed by atoms with Gasteiger partial charge in [0, 0.05) is 19.7 Å². The van der Waals surface area contributed by atoms with Crippen molar-refractivity contribution in [2.45, 2.75) is 17.7 Å². The SMILES string of the molecule is O=C(NCCCO)NCCCS(=O)(=O)c1ccccc1. The number of aliphatic hydroxyl groups is 1. The highest BCUT2D eigenvalue weighted by atomic mass is 32.2. The second-order valence-corrected chi connectivity index (χ2v) is 6.35. The first kappa shape index (κ1) is 16.5. The maximum Gasteiger partial charge on any atom is 0.314 e. The summed E-state index contributed by atoms with van der Waals surface area (Å²) in [6, 6.07) is 7.89.